The molecule has 0 saturated carbocycles. The second kappa shape index (κ2) is 4.82. The monoisotopic (exact) mass is 209 g/mol. The molecule has 1 aromatic carbocycles. The van der Waals surface area contributed by atoms with Crippen molar-refractivity contribution in [2.45, 2.75) is 0 Å². The van der Waals surface area contributed by atoms with Crippen LogP contribution in [0.2, 0.25) is 0 Å². The van der Waals surface area contributed by atoms with Crippen molar-refractivity contribution in [1.29, 1.82) is 0 Å². The molecule has 80 valence electrons. The molecule has 0 spiro atoms. The van der Waals surface area contributed by atoms with E-state index in [1.807, 2.05) is 5.43 Å². The smallest absolute Gasteiger partial charge is 0.347 e. The van der Waals surface area contributed by atoms with Gasteiger partial charge in [-0.2, -0.15) is 0 Å². The summed E-state index contributed by atoms with van der Waals surface area (Å²) in [6.07, 6.45) is 0. The number of amides is 3. The van der Waals surface area contributed by atoms with E-state index in [1.165, 1.54) is 12.1 Å². The van der Waals surface area contributed by atoms with Crippen LogP contribution in [0.1, 0.15) is 10.4 Å². The van der Waals surface area contributed by atoms with Crippen molar-refractivity contribution in [3.05, 3.63) is 29.8 Å². The molecule has 7 nitrogen and oxygen atoms in total. The van der Waals surface area contributed by atoms with Crippen LogP contribution in [-0.2, 0) is 0 Å². The molecule has 0 atom stereocenters. The van der Waals surface area contributed by atoms with E-state index in [4.69, 9.17) is 11.6 Å². The van der Waals surface area contributed by atoms with E-state index in [9.17, 15) is 9.59 Å². The quantitative estimate of drug-likeness (QED) is 0.178. The number of carbonyl (C=O) groups is 2. The molecule has 1 rings (SSSR count). The standard InChI is InChI=1S/C8H11N5O2/c9-6-3-1-5(2-4-6)7(14)12-13-8(15)11-10/h1-4H,9-10H2,(H,12,14)(H2,11,13,15). The minimum Gasteiger partial charge on any atom is -0.399 e. The van der Waals surface area contributed by atoms with Crippen LogP contribution in [-0.4, -0.2) is 11.9 Å². The predicted molar refractivity (Wildman–Crippen MR) is 54.2 cm³/mol. The van der Waals surface area contributed by atoms with Gasteiger partial charge in [0, 0.05) is 11.3 Å². The van der Waals surface area contributed by atoms with Crippen molar-refractivity contribution in [2.75, 3.05) is 5.73 Å². The number of nitrogens with one attached hydrogen (secondary N) is 3. The average Bonchev–Trinajstić information content (AvgIpc) is 2.26. The van der Waals surface area contributed by atoms with E-state index in [1.54, 1.807) is 17.6 Å². The van der Waals surface area contributed by atoms with Gasteiger partial charge in [-0.1, -0.05) is 0 Å². The molecule has 0 unspecified atom stereocenters. The predicted octanol–water partition coefficient (Wildman–Crippen LogP) is -0.913. The van der Waals surface area contributed by atoms with Gasteiger partial charge in [0.2, 0.25) is 0 Å². The lowest BCUT2D eigenvalue weighted by molar-refractivity contribution is 0.0936. The summed E-state index contributed by atoms with van der Waals surface area (Å²) in [4.78, 5) is 22.0. The van der Waals surface area contributed by atoms with E-state index in [2.05, 4.69) is 5.43 Å². The van der Waals surface area contributed by atoms with Crippen molar-refractivity contribution >= 4 is 17.6 Å². The van der Waals surface area contributed by atoms with Gasteiger partial charge in [0.25, 0.3) is 5.91 Å². The molecule has 0 heterocycles. The summed E-state index contributed by atoms with van der Waals surface area (Å²) in [5.74, 6) is 4.33. The van der Waals surface area contributed by atoms with Crippen LogP contribution >= 0.6 is 0 Å². The van der Waals surface area contributed by atoms with Crippen LogP contribution < -0.4 is 27.9 Å². The number of urea groups is 1. The third kappa shape index (κ3) is 3.16. The van der Waals surface area contributed by atoms with Gasteiger partial charge in [0.05, 0.1) is 0 Å². The Labute approximate surface area is 85.8 Å². The first kappa shape index (κ1) is 10.8. The first-order valence-electron chi connectivity index (χ1n) is 4.06. The number of nitrogen functional groups attached to an aromatic ring is 1. The van der Waals surface area contributed by atoms with E-state index >= 15 is 0 Å². The van der Waals surface area contributed by atoms with Crippen LogP contribution in [0, 0.1) is 0 Å². The van der Waals surface area contributed by atoms with Gasteiger partial charge in [-0.05, 0) is 24.3 Å². The zero-order valence-corrected chi connectivity index (χ0v) is 7.78. The number of hydrogen-bond acceptors (Lipinski definition) is 4. The summed E-state index contributed by atoms with van der Waals surface area (Å²) in [6.45, 7) is 0. The van der Waals surface area contributed by atoms with Gasteiger partial charge in [-0.15, -0.1) is 0 Å². The number of hydrazine groups is 2. The maximum Gasteiger partial charge on any atom is 0.347 e. The number of benzene rings is 1. The lowest BCUT2D eigenvalue weighted by atomic mass is 10.2. The maximum atomic E-state index is 11.3. The van der Waals surface area contributed by atoms with Gasteiger partial charge in [0.1, 0.15) is 0 Å². The molecule has 7 N–H and O–H groups in total. The lowest BCUT2D eigenvalue weighted by Crippen LogP contribution is -2.49. The van der Waals surface area contributed by atoms with Crippen molar-refractivity contribution in [1.82, 2.24) is 16.3 Å². The molecule has 0 aliphatic rings. The molecule has 0 aliphatic heterocycles. The minimum absolute atomic E-state index is 0.376. The third-order valence-corrected chi connectivity index (χ3v) is 1.59. The maximum absolute atomic E-state index is 11.3. The molecule has 1 aromatic rings. The average molecular weight is 209 g/mol. The van der Waals surface area contributed by atoms with Gasteiger partial charge in [-0.25, -0.2) is 16.1 Å². The molecule has 0 saturated heterocycles. The van der Waals surface area contributed by atoms with Crippen LogP contribution in [0.25, 0.3) is 0 Å². The molecule has 0 radical (unpaired) electrons. The number of rotatable bonds is 1. The number of nitrogens with two attached hydrogens (primary N) is 2. The Balaban J connectivity index is 2.54. The topological polar surface area (TPSA) is 122 Å². The molecule has 0 aromatic heterocycles. The Hall–Kier alpha value is -2.28. The second-order valence-corrected chi connectivity index (χ2v) is 2.67. The summed E-state index contributed by atoms with van der Waals surface area (Å²) in [7, 11) is 0. The summed E-state index contributed by atoms with van der Waals surface area (Å²) in [6, 6.07) is 5.52. The number of carbonyl (C=O) groups excluding carboxylic acids is 2. The first-order valence-corrected chi connectivity index (χ1v) is 4.06. The van der Waals surface area contributed by atoms with Gasteiger partial charge in [0.15, 0.2) is 0 Å². The number of anilines is 1. The molecular weight excluding hydrogens is 198 g/mol. The Kier molecular flexibility index (Phi) is 3.47. The van der Waals surface area contributed by atoms with Crippen molar-refractivity contribution in [3.8, 4) is 0 Å². The summed E-state index contributed by atoms with van der Waals surface area (Å²) < 4.78 is 0. The molecule has 15 heavy (non-hydrogen) atoms. The Bertz CT molecular complexity index is 362. The van der Waals surface area contributed by atoms with E-state index in [0.29, 0.717) is 11.3 Å². The van der Waals surface area contributed by atoms with E-state index in [-0.39, 0.29) is 0 Å². The summed E-state index contributed by atoms with van der Waals surface area (Å²) >= 11 is 0. The highest BCUT2D eigenvalue weighted by molar-refractivity contribution is 5.95. The van der Waals surface area contributed by atoms with Gasteiger partial charge < -0.3 is 5.73 Å². The SMILES string of the molecule is NNC(=O)NNC(=O)c1ccc(N)cc1. The third-order valence-electron chi connectivity index (χ3n) is 1.59. The van der Waals surface area contributed by atoms with Gasteiger partial charge >= 0.3 is 6.03 Å². The van der Waals surface area contributed by atoms with Crippen molar-refractivity contribution < 1.29 is 9.59 Å². The Morgan fingerprint density at radius 1 is 1.07 bits per heavy atom. The zero-order chi connectivity index (χ0) is 11.3. The molecule has 0 fully saturated rings. The number of hydrogen-bond donors (Lipinski definition) is 5. The van der Waals surface area contributed by atoms with Crippen molar-refractivity contribution in [3.63, 3.8) is 0 Å². The Morgan fingerprint density at radius 2 is 1.67 bits per heavy atom. The lowest BCUT2D eigenvalue weighted by Gasteiger charge is -2.06. The highest BCUT2D eigenvalue weighted by Gasteiger charge is 2.05. The van der Waals surface area contributed by atoms with Crippen LogP contribution in [0.4, 0.5) is 10.5 Å². The first-order chi connectivity index (χ1) is 7.13. The Morgan fingerprint density at radius 3 is 2.20 bits per heavy atom. The largest absolute Gasteiger partial charge is 0.399 e. The van der Waals surface area contributed by atoms with Crippen LogP contribution in [0.15, 0.2) is 24.3 Å². The van der Waals surface area contributed by atoms with E-state index < -0.39 is 11.9 Å². The van der Waals surface area contributed by atoms with Crippen LogP contribution in [0.3, 0.4) is 0 Å². The normalized spacial score (nSPS) is 9.13. The fraction of sp³-hybridized carbons (Fsp3) is 0. The summed E-state index contributed by atoms with van der Waals surface area (Å²) in [5, 5.41) is 0. The van der Waals surface area contributed by atoms with Crippen LogP contribution in [0.5, 0.6) is 0 Å². The second-order valence-electron chi connectivity index (χ2n) is 2.67. The van der Waals surface area contributed by atoms with E-state index in [0.717, 1.165) is 0 Å². The zero-order valence-electron chi connectivity index (χ0n) is 7.78. The fourth-order valence-corrected chi connectivity index (χ4v) is 0.856. The molecule has 0 bridgehead atoms. The molecule has 0 aliphatic carbocycles. The summed E-state index contributed by atoms with van der Waals surface area (Å²) in [5.41, 5.74) is 12.4. The minimum atomic E-state index is -0.709. The molecule has 7 heteroatoms. The molecular formula is C8H11N5O2. The fourth-order valence-electron chi connectivity index (χ4n) is 0.856. The highest BCUT2D eigenvalue weighted by Crippen LogP contribution is 2.04. The highest BCUT2D eigenvalue weighted by atomic mass is 16.2. The van der Waals surface area contributed by atoms with Gasteiger partial charge in [-0.3, -0.25) is 15.6 Å². The van der Waals surface area contributed by atoms with Crippen molar-refractivity contribution in [2.24, 2.45) is 5.84 Å². The molecule has 3 amide bonds.